The average molecular weight is 248 g/mol. The first-order valence-electron chi connectivity index (χ1n) is 5.34. The van der Waals surface area contributed by atoms with E-state index in [0.717, 1.165) is 0 Å². The van der Waals surface area contributed by atoms with Crippen molar-refractivity contribution in [3.63, 3.8) is 0 Å². The first kappa shape index (κ1) is 12.7. The van der Waals surface area contributed by atoms with Crippen molar-refractivity contribution < 1.29 is 34.3 Å². The van der Waals surface area contributed by atoms with E-state index in [1.54, 1.807) is 0 Å². The zero-order chi connectivity index (χ0) is 12.8. The molecule has 17 heavy (non-hydrogen) atoms. The molecule has 0 saturated carbocycles. The van der Waals surface area contributed by atoms with Crippen molar-refractivity contribution in [3.05, 3.63) is 0 Å². The van der Waals surface area contributed by atoms with Gasteiger partial charge in [0.05, 0.1) is 13.7 Å². The Balaban J connectivity index is 2.24. The number of hydrogen-bond acceptors (Lipinski definition) is 7. The van der Waals surface area contributed by atoms with Gasteiger partial charge in [0.25, 0.3) is 0 Å². The van der Waals surface area contributed by atoms with E-state index in [0.29, 0.717) is 0 Å². The van der Waals surface area contributed by atoms with Crippen LogP contribution in [0.5, 0.6) is 0 Å². The van der Waals surface area contributed by atoms with Gasteiger partial charge in [-0.1, -0.05) is 0 Å². The highest BCUT2D eigenvalue weighted by Crippen LogP contribution is 2.43. The van der Waals surface area contributed by atoms with Crippen LogP contribution in [0.2, 0.25) is 0 Å². The fraction of sp³-hybridized carbons (Fsp3) is 0.900. The third-order valence-corrected chi connectivity index (χ3v) is 3.29. The molecule has 0 unspecified atom stereocenters. The maximum atomic E-state index is 11.6. The number of aliphatic hydroxyl groups excluding tert-OH is 2. The van der Waals surface area contributed by atoms with Crippen LogP contribution in [0, 0.1) is 5.92 Å². The standard InChI is InChI=1S/C10H16O7/c1-10(14)5(9(13)15-2)7-8(17-10)6(12)4(3-11)16-7/h4-8,11-12,14H,3H2,1-2H3/t4-,5+,6-,7-,8-,10+/m1/s1. The molecule has 0 amide bonds. The molecule has 0 bridgehead atoms. The predicted molar refractivity (Wildman–Crippen MR) is 52.8 cm³/mol. The third-order valence-electron chi connectivity index (χ3n) is 3.29. The number of fused-ring (bicyclic) bond motifs is 1. The van der Waals surface area contributed by atoms with E-state index >= 15 is 0 Å². The van der Waals surface area contributed by atoms with Gasteiger partial charge in [-0.05, 0) is 6.92 Å². The summed E-state index contributed by atoms with van der Waals surface area (Å²) in [7, 11) is 1.20. The first-order valence-corrected chi connectivity index (χ1v) is 5.34. The van der Waals surface area contributed by atoms with Crippen molar-refractivity contribution >= 4 is 5.97 Å². The molecule has 7 nitrogen and oxygen atoms in total. The Morgan fingerprint density at radius 3 is 2.65 bits per heavy atom. The normalized spacial score (nSPS) is 49.1. The Morgan fingerprint density at radius 1 is 1.47 bits per heavy atom. The highest BCUT2D eigenvalue weighted by atomic mass is 16.7. The number of aliphatic hydroxyl groups is 3. The Morgan fingerprint density at radius 2 is 2.12 bits per heavy atom. The zero-order valence-electron chi connectivity index (χ0n) is 9.57. The van der Waals surface area contributed by atoms with E-state index in [2.05, 4.69) is 4.74 Å². The zero-order valence-corrected chi connectivity index (χ0v) is 9.57. The fourth-order valence-electron chi connectivity index (χ4n) is 2.46. The summed E-state index contributed by atoms with van der Waals surface area (Å²) in [5.74, 6) is -3.46. The van der Waals surface area contributed by atoms with E-state index in [1.165, 1.54) is 14.0 Å². The highest BCUT2D eigenvalue weighted by molar-refractivity contribution is 5.74. The second-order valence-corrected chi connectivity index (χ2v) is 4.45. The van der Waals surface area contributed by atoms with Crippen LogP contribution in [0.4, 0.5) is 0 Å². The Bertz CT molecular complexity index is 316. The maximum Gasteiger partial charge on any atom is 0.316 e. The van der Waals surface area contributed by atoms with Gasteiger partial charge in [0.2, 0.25) is 0 Å². The van der Waals surface area contributed by atoms with E-state index in [9.17, 15) is 15.0 Å². The number of ether oxygens (including phenoxy) is 3. The molecule has 2 aliphatic rings. The van der Waals surface area contributed by atoms with Gasteiger partial charge in [0, 0.05) is 0 Å². The lowest BCUT2D eigenvalue weighted by Crippen LogP contribution is -2.43. The van der Waals surface area contributed by atoms with E-state index in [-0.39, 0.29) is 6.61 Å². The van der Waals surface area contributed by atoms with Crippen molar-refractivity contribution in [1.82, 2.24) is 0 Å². The van der Waals surface area contributed by atoms with Gasteiger partial charge in [-0.25, -0.2) is 0 Å². The molecule has 6 atom stereocenters. The number of rotatable bonds is 2. The van der Waals surface area contributed by atoms with Gasteiger partial charge in [-0.2, -0.15) is 0 Å². The lowest BCUT2D eigenvalue weighted by Gasteiger charge is -2.26. The SMILES string of the molecule is COC(=O)[C@@H]1[C@H]2O[C@H](CO)[C@@H](O)[C@H]2O[C@]1(C)O. The Hall–Kier alpha value is -0.730. The van der Waals surface area contributed by atoms with Crippen molar-refractivity contribution in [2.45, 2.75) is 37.1 Å². The molecule has 2 heterocycles. The number of carbonyl (C=O) groups excluding carboxylic acids is 1. The quantitative estimate of drug-likeness (QED) is 0.485. The van der Waals surface area contributed by atoms with Crippen molar-refractivity contribution in [3.8, 4) is 0 Å². The summed E-state index contributed by atoms with van der Waals surface area (Å²) in [4.78, 5) is 11.6. The van der Waals surface area contributed by atoms with E-state index in [4.69, 9.17) is 14.6 Å². The minimum atomic E-state index is -1.75. The van der Waals surface area contributed by atoms with Crippen LogP contribution >= 0.6 is 0 Å². The summed E-state index contributed by atoms with van der Waals surface area (Å²) in [6, 6.07) is 0. The molecule has 0 aromatic carbocycles. The van der Waals surface area contributed by atoms with Gasteiger partial charge >= 0.3 is 5.97 Å². The number of methoxy groups -OCH3 is 1. The Kier molecular flexibility index (Phi) is 3.13. The van der Waals surface area contributed by atoms with Gasteiger partial charge in [-0.15, -0.1) is 0 Å². The van der Waals surface area contributed by atoms with Crippen LogP contribution in [-0.4, -0.2) is 65.2 Å². The molecule has 98 valence electrons. The topological polar surface area (TPSA) is 105 Å². The van der Waals surface area contributed by atoms with Crippen LogP contribution in [0.1, 0.15) is 6.92 Å². The molecule has 2 rings (SSSR count). The number of hydrogen-bond donors (Lipinski definition) is 3. The molecule has 7 heteroatoms. The average Bonchev–Trinajstić information content (AvgIpc) is 2.70. The lowest BCUT2D eigenvalue weighted by molar-refractivity contribution is -0.223. The molecular formula is C10H16O7. The van der Waals surface area contributed by atoms with Crippen LogP contribution < -0.4 is 0 Å². The van der Waals surface area contributed by atoms with E-state index < -0.39 is 42.1 Å². The van der Waals surface area contributed by atoms with Crippen molar-refractivity contribution in [2.75, 3.05) is 13.7 Å². The van der Waals surface area contributed by atoms with Crippen LogP contribution in [-0.2, 0) is 19.0 Å². The van der Waals surface area contributed by atoms with Gasteiger partial charge < -0.3 is 29.5 Å². The second-order valence-electron chi connectivity index (χ2n) is 4.45. The van der Waals surface area contributed by atoms with Gasteiger partial charge in [-0.3, -0.25) is 4.79 Å². The molecule has 3 N–H and O–H groups in total. The van der Waals surface area contributed by atoms with Crippen molar-refractivity contribution in [1.29, 1.82) is 0 Å². The third kappa shape index (κ3) is 1.84. The summed E-state index contributed by atoms with van der Waals surface area (Å²) in [5, 5.41) is 28.7. The smallest absolute Gasteiger partial charge is 0.316 e. The predicted octanol–water partition coefficient (Wildman–Crippen LogP) is -2.00. The second kappa shape index (κ2) is 4.18. The summed E-state index contributed by atoms with van der Waals surface area (Å²) in [6.07, 6.45) is -3.55. The summed E-state index contributed by atoms with van der Waals surface area (Å²) in [5.41, 5.74) is 0. The molecule has 0 spiro atoms. The van der Waals surface area contributed by atoms with Crippen LogP contribution in [0.25, 0.3) is 0 Å². The van der Waals surface area contributed by atoms with Crippen LogP contribution in [0.3, 0.4) is 0 Å². The molecule has 0 aliphatic carbocycles. The Labute approximate surface area is 97.9 Å². The minimum Gasteiger partial charge on any atom is -0.469 e. The highest BCUT2D eigenvalue weighted by Gasteiger charge is 2.63. The monoisotopic (exact) mass is 248 g/mol. The summed E-state index contributed by atoms with van der Waals surface area (Å²) >= 11 is 0. The molecular weight excluding hydrogens is 232 g/mol. The largest absolute Gasteiger partial charge is 0.469 e. The molecule has 2 fully saturated rings. The molecule has 2 saturated heterocycles. The maximum absolute atomic E-state index is 11.6. The molecule has 2 aliphatic heterocycles. The van der Waals surface area contributed by atoms with Crippen LogP contribution in [0.15, 0.2) is 0 Å². The van der Waals surface area contributed by atoms with Gasteiger partial charge in [0.15, 0.2) is 5.79 Å². The fourth-order valence-corrected chi connectivity index (χ4v) is 2.46. The summed E-state index contributed by atoms with van der Waals surface area (Å²) < 4.78 is 15.1. The van der Waals surface area contributed by atoms with E-state index in [1.807, 2.05) is 0 Å². The number of carbonyl (C=O) groups is 1. The molecule has 0 aromatic heterocycles. The van der Waals surface area contributed by atoms with Gasteiger partial charge in [0.1, 0.15) is 30.3 Å². The molecule has 0 aromatic rings. The first-order chi connectivity index (χ1) is 7.92. The minimum absolute atomic E-state index is 0.381. The lowest BCUT2D eigenvalue weighted by atomic mass is 9.94. The molecule has 0 radical (unpaired) electrons. The van der Waals surface area contributed by atoms with Crippen molar-refractivity contribution in [2.24, 2.45) is 5.92 Å². The number of esters is 1. The summed E-state index contributed by atoms with van der Waals surface area (Å²) in [6.45, 7) is 0.935.